The summed E-state index contributed by atoms with van der Waals surface area (Å²) in [5.41, 5.74) is -2.37. The summed E-state index contributed by atoms with van der Waals surface area (Å²) in [4.78, 5) is 63.7. The number of H-pyrrole nitrogens is 1. The van der Waals surface area contributed by atoms with Crippen LogP contribution in [0.25, 0.3) is 45.6 Å². The fourth-order valence-electron chi connectivity index (χ4n) is 6.34. The second-order valence-corrected chi connectivity index (χ2v) is 16.9. The van der Waals surface area contributed by atoms with E-state index in [1.165, 1.54) is 7.11 Å². The molecule has 2 heterocycles. The molecule has 12 nitrogen and oxygen atoms in total. The van der Waals surface area contributed by atoms with Gasteiger partial charge in [-0.2, -0.15) is 41.3 Å². The van der Waals surface area contributed by atoms with Gasteiger partial charge < -0.3 is 14.5 Å². The number of benzene rings is 4. The van der Waals surface area contributed by atoms with Crippen LogP contribution in [-0.4, -0.2) is 84.1 Å². The molecule has 354 valence electrons. The number of halogens is 8. The van der Waals surface area contributed by atoms with E-state index in [1.54, 1.807) is 74.5 Å². The molecule has 0 aliphatic carbocycles. The van der Waals surface area contributed by atoms with Gasteiger partial charge in [0.2, 0.25) is 11.8 Å². The van der Waals surface area contributed by atoms with Crippen LogP contribution in [0.4, 0.5) is 26.3 Å². The fraction of sp³-hybridized carbons (Fsp3) is 0.319. The normalized spacial score (nSPS) is 11.9. The summed E-state index contributed by atoms with van der Waals surface area (Å²) in [7, 11) is 1.43. The number of nitrogens with one attached hydrogen (secondary N) is 1. The summed E-state index contributed by atoms with van der Waals surface area (Å²) < 4.78 is 85.5. The monoisotopic (exact) mass is 970 g/mol. The van der Waals surface area contributed by atoms with Crippen LogP contribution in [0.1, 0.15) is 52.7 Å². The van der Waals surface area contributed by atoms with E-state index in [0.717, 1.165) is 43.1 Å². The highest BCUT2D eigenvalue weighted by Crippen LogP contribution is 2.41. The molecule has 0 atom stereocenters. The van der Waals surface area contributed by atoms with E-state index in [-0.39, 0.29) is 54.7 Å². The van der Waals surface area contributed by atoms with Gasteiger partial charge >= 0.3 is 24.1 Å². The molecule has 0 saturated heterocycles. The number of amides is 2. The van der Waals surface area contributed by atoms with Crippen LogP contribution in [0.5, 0.6) is 6.01 Å². The molecule has 0 radical (unpaired) electrons. The Balaban J connectivity index is 0.000000251. The maximum atomic E-state index is 13.4. The van der Waals surface area contributed by atoms with Crippen molar-refractivity contribution in [2.24, 2.45) is 10.8 Å². The average molecular weight is 972 g/mol. The lowest BCUT2D eigenvalue weighted by Crippen LogP contribution is -2.48. The minimum atomic E-state index is -4.68. The van der Waals surface area contributed by atoms with E-state index in [0.29, 0.717) is 38.7 Å². The second kappa shape index (κ2) is 21.1. The maximum Gasteiger partial charge on any atom is 0.402 e. The highest BCUT2D eigenvalue weighted by atomic mass is 35.5. The quantitative estimate of drug-likeness (QED) is 0.112. The third-order valence-corrected chi connectivity index (χ3v) is 11.3. The van der Waals surface area contributed by atoms with Gasteiger partial charge in [0.1, 0.15) is 16.7 Å². The van der Waals surface area contributed by atoms with Gasteiger partial charge in [0, 0.05) is 48.4 Å². The Morgan fingerprint density at radius 2 is 1.01 bits per heavy atom. The zero-order chi connectivity index (χ0) is 49.5. The SMILES string of the molecule is CCN(Cc1ccc(Cl)c(-c2nc(-c3ccccc3)nc(=O)[nH]2)c1)C(=O)C(C)(C)C(F)(F)F.CCN(Cc1ccc(Cl)c(-c2nc(OC)nc(-c3ccccc3)n2)c1)C(=O)C(C)(C)C(F)(F)F. The summed E-state index contributed by atoms with van der Waals surface area (Å²) in [6.45, 7) is 6.81. The zero-order valence-electron chi connectivity index (χ0n) is 37.4. The number of rotatable bonds is 13. The molecule has 0 aliphatic heterocycles. The molecule has 0 saturated carbocycles. The predicted octanol–water partition coefficient (Wildman–Crippen LogP) is 10.9. The largest absolute Gasteiger partial charge is 0.467 e. The van der Waals surface area contributed by atoms with E-state index in [1.807, 2.05) is 36.4 Å². The van der Waals surface area contributed by atoms with Gasteiger partial charge in [0.15, 0.2) is 17.5 Å². The third kappa shape index (κ3) is 12.1. The van der Waals surface area contributed by atoms with Crippen LogP contribution >= 0.6 is 23.2 Å². The van der Waals surface area contributed by atoms with E-state index in [2.05, 4.69) is 29.9 Å². The molecule has 1 N–H and O–H groups in total. The molecular formula is C47H46Cl2F6N8O4. The van der Waals surface area contributed by atoms with Crippen LogP contribution in [0.2, 0.25) is 10.0 Å². The number of carbonyl (C=O) groups excluding carboxylic acids is 2. The number of carbonyl (C=O) groups is 2. The molecule has 0 unspecified atom stereocenters. The highest BCUT2D eigenvalue weighted by molar-refractivity contribution is 6.33. The van der Waals surface area contributed by atoms with Crippen molar-refractivity contribution in [3.05, 3.63) is 129 Å². The second-order valence-electron chi connectivity index (χ2n) is 16.0. The molecule has 2 amide bonds. The number of alkyl halides is 6. The third-order valence-electron chi connectivity index (χ3n) is 10.6. The maximum absolute atomic E-state index is 13.4. The lowest BCUT2D eigenvalue weighted by atomic mass is 9.90. The number of methoxy groups -OCH3 is 1. The lowest BCUT2D eigenvalue weighted by molar-refractivity contribution is -0.218. The van der Waals surface area contributed by atoms with Gasteiger partial charge in [-0.25, -0.2) is 14.8 Å². The molecule has 0 bridgehead atoms. The van der Waals surface area contributed by atoms with Crippen molar-refractivity contribution in [2.45, 2.75) is 67.0 Å². The number of nitrogens with zero attached hydrogens (tertiary/aromatic N) is 7. The zero-order valence-corrected chi connectivity index (χ0v) is 38.9. The fourth-order valence-corrected chi connectivity index (χ4v) is 6.74. The van der Waals surface area contributed by atoms with E-state index in [9.17, 15) is 40.7 Å². The minimum absolute atomic E-state index is 0.0349. The first-order valence-corrected chi connectivity index (χ1v) is 21.4. The van der Waals surface area contributed by atoms with Crippen molar-refractivity contribution in [1.82, 2.24) is 39.7 Å². The lowest BCUT2D eigenvalue weighted by Gasteiger charge is -2.32. The molecule has 0 spiro atoms. The average Bonchev–Trinajstić information content (AvgIpc) is 3.30. The number of hydrogen-bond donors (Lipinski definition) is 1. The Kier molecular flexibility index (Phi) is 16.2. The van der Waals surface area contributed by atoms with E-state index < -0.39 is 40.7 Å². The van der Waals surface area contributed by atoms with Crippen LogP contribution < -0.4 is 10.4 Å². The van der Waals surface area contributed by atoms with Crippen molar-refractivity contribution in [3.8, 4) is 51.6 Å². The standard InChI is InChI=1S/C24H24ClF3N4O2.C23H22ClF3N4O2/c1-5-32(21(33)23(2,3)24(26,27)28)14-15-11-12-18(25)17(13-15)20-29-19(30-22(31-20)34-4)16-9-7-6-8-10-16;1-4-31(20(32)22(2,3)23(25,26)27)13-14-10-11-17(24)16(12-14)19-28-18(29-21(33)30-19)15-8-6-5-7-9-15/h6-13H,5,14H2,1-4H3;5-12H,4,13H2,1-3H3,(H,28,29,30,33). The number of ether oxygens (including phenoxy) is 1. The predicted molar refractivity (Wildman–Crippen MR) is 243 cm³/mol. The molecule has 4 aromatic carbocycles. The van der Waals surface area contributed by atoms with Crippen molar-refractivity contribution >= 4 is 35.0 Å². The summed E-state index contributed by atoms with van der Waals surface area (Å²) in [6.07, 6.45) is -9.35. The molecule has 67 heavy (non-hydrogen) atoms. The Morgan fingerprint density at radius 1 is 0.597 bits per heavy atom. The van der Waals surface area contributed by atoms with E-state index in [4.69, 9.17) is 27.9 Å². The summed E-state index contributed by atoms with van der Waals surface area (Å²) >= 11 is 12.8. The molecule has 6 aromatic rings. The topological polar surface area (TPSA) is 147 Å². The van der Waals surface area contributed by atoms with Crippen molar-refractivity contribution in [1.29, 1.82) is 0 Å². The highest BCUT2D eigenvalue weighted by Gasteiger charge is 2.55. The van der Waals surface area contributed by atoms with Crippen LogP contribution in [-0.2, 0) is 22.7 Å². The minimum Gasteiger partial charge on any atom is -0.467 e. The van der Waals surface area contributed by atoms with Gasteiger partial charge in [-0.3, -0.25) is 14.6 Å². The Hall–Kier alpha value is -6.40. The first-order chi connectivity index (χ1) is 31.4. The summed E-state index contributed by atoms with van der Waals surface area (Å²) in [5.74, 6) is -1.06. The van der Waals surface area contributed by atoms with Crippen molar-refractivity contribution in [3.63, 3.8) is 0 Å². The molecule has 2 aromatic heterocycles. The Morgan fingerprint density at radius 3 is 1.45 bits per heavy atom. The van der Waals surface area contributed by atoms with Gasteiger partial charge in [-0.15, -0.1) is 0 Å². The first kappa shape index (κ1) is 51.6. The van der Waals surface area contributed by atoms with E-state index >= 15 is 0 Å². The molecule has 20 heteroatoms. The van der Waals surface area contributed by atoms with Crippen LogP contribution in [0.3, 0.4) is 0 Å². The van der Waals surface area contributed by atoms with Gasteiger partial charge in [-0.05, 0) is 76.9 Å². The number of aromatic amines is 1. The van der Waals surface area contributed by atoms with Gasteiger partial charge in [-0.1, -0.05) is 96.0 Å². The molecular weight excluding hydrogens is 925 g/mol. The van der Waals surface area contributed by atoms with Crippen molar-refractivity contribution < 1.29 is 40.7 Å². The molecule has 0 fully saturated rings. The van der Waals surface area contributed by atoms with Crippen LogP contribution in [0.15, 0.2) is 102 Å². The number of hydrogen-bond acceptors (Lipinski definition) is 9. The smallest absolute Gasteiger partial charge is 0.402 e. The Labute approximate surface area is 392 Å². The van der Waals surface area contributed by atoms with Crippen LogP contribution in [0, 0.1) is 10.8 Å². The summed E-state index contributed by atoms with van der Waals surface area (Å²) in [6, 6.07) is 27.9. The van der Waals surface area contributed by atoms with Crippen molar-refractivity contribution in [2.75, 3.05) is 20.2 Å². The van der Waals surface area contributed by atoms with Gasteiger partial charge in [0.05, 0.1) is 17.2 Å². The first-order valence-electron chi connectivity index (χ1n) is 20.6. The number of aromatic nitrogens is 6. The molecule has 6 rings (SSSR count). The van der Waals surface area contributed by atoms with Gasteiger partial charge in [0.25, 0.3) is 0 Å². The summed E-state index contributed by atoms with van der Waals surface area (Å²) in [5, 5.41) is 0.609. The Bertz CT molecular complexity index is 2760. The molecule has 0 aliphatic rings.